The van der Waals surface area contributed by atoms with Gasteiger partial charge in [0.15, 0.2) is 0 Å². The molecule has 3 aromatic rings. The minimum Gasteiger partial charge on any atom is -0.387 e. The highest BCUT2D eigenvalue weighted by molar-refractivity contribution is 7.18. The van der Waals surface area contributed by atoms with Crippen molar-refractivity contribution in [1.29, 1.82) is 0 Å². The summed E-state index contributed by atoms with van der Waals surface area (Å²) in [6, 6.07) is 9.43. The van der Waals surface area contributed by atoms with Crippen molar-refractivity contribution in [2.45, 2.75) is 38.8 Å². The van der Waals surface area contributed by atoms with Gasteiger partial charge in [-0.05, 0) is 36.3 Å². The fraction of sp³-hybridized carbons (Fsp3) is 0.368. The number of rotatable bonds is 3. The number of hydrogen-bond acceptors (Lipinski definition) is 4. The van der Waals surface area contributed by atoms with Gasteiger partial charge in [0.2, 0.25) is 0 Å². The zero-order valence-corrected chi connectivity index (χ0v) is 14.4. The Morgan fingerprint density at radius 3 is 2.96 bits per heavy atom. The van der Waals surface area contributed by atoms with Crippen LogP contribution in [-0.2, 0) is 19.4 Å². The van der Waals surface area contributed by atoms with Gasteiger partial charge in [-0.2, -0.15) is 0 Å². The largest absolute Gasteiger partial charge is 0.387 e. The third kappa shape index (κ3) is 2.68. The molecule has 124 valence electrons. The maximum Gasteiger partial charge on any atom is 0.262 e. The number of aryl methyl sites for hydroxylation is 1. The summed E-state index contributed by atoms with van der Waals surface area (Å²) >= 11 is 1.65. The molecule has 0 unspecified atom stereocenters. The Bertz CT molecular complexity index is 930. The van der Waals surface area contributed by atoms with Crippen molar-refractivity contribution in [2.75, 3.05) is 0 Å². The summed E-state index contributed by atoms with van der Waals surface area (Å²) in [6.45, 7) is 2.49. The molecule has 4 rings (SSSR count). The lowest BCUT2D eigenvalue weighted by Gasteiger charge is -2.17. The zero-order valence-electron chi connectivity index (χ0n) is 13.6. The molecule has 0 spiro atoms. The highest BCUT2D eigenvalue weighted by atomic mass is 32.1. The highest BCUT2D eigenvalue weighted by Gasteiger charge is 2.23. The number of aromatic nitrogens is 2. The van der Waals surface area contributed by atoms with Crippen LogP contribution in [0.5, 0.6) is 0 Å². The second kappa shape index (κ2) is 6.15. The summed E-state index contributed by atoms with van der Waals surface area (Å²) in [5.74, 6) is 0.674. The molecule has 5 heteroatoms. The van der Waals surface area contributed by atoms with Crippen molar-refractivity contribution in [3.05, 3.63) is 63.0 Å². The number of nitrogens with zero attached hydrogens (tertiary/aromatic N) is 2. The average molecular weight is 340 g/mol. The molecule has 0 bridgehead atoms. The average Bonchev–Trinajstić information content (AvgIpc) is 2.96. The first-order chi connectivity index (χ1) is 11.6. The van der Waals surface area contributed by atoms with Crippen LogP contribution >= 0.6 is 11.3 Å². The van der Waals surface area contributed by atoms with Gasteiger partial charge in [0.25, 0.3) is 5.56 Å². The molecule has 0 fully saturated rings. The van der Waals surface area contributed by atoms with Crippen LogP contribution in [0.3, 0.4) is 0 Å². The number of hydrogen-bond donors (Lipinski definition) is 1. The quantitative estimate of drug-likeness (QED) is 0.796. The molecule has 0 aliphatic heterocycles. The number of aliphatic hydroxyl groups is 1. The van der Waals surface area contributed by atoms with E-state index in [1.54, 1.807) is 22.2 Å². The molecule has 1 aromatic carbocycles. The van der Waals surface area contributed by atoms with Crippen LogP contribution in [0.25, 0.3) is 10.2 Å². The van der Waals surface area contributed by atoms with Gasteiger partial charge in [0.1, 0.15) is 4.83 Å². The smallest absolute Gasteiger partial charge is 0.262 e. The lowest BCUT2D eigenvalue weighted by molar-refractivity contribution is 0.155. The summed E-state index contributed by atoms with van der Waals surface area (Å²) in [4.78, 5) is 19.6. The molecule has 1 aliphatic rings. The molecule has 2 aromatic heterocycles. The van der Waals surface area contributed by atoms with Gasteiger partial charge in [-0.3, -0.25) is 9.36 Å². The molecule has 2 atom stereocenters. The maximum absolute atomic E-state index is 12.9. The summed E-state index contributed by atoms with van der Waals surface area (Å²) in [5.41, 5.74) is 1.97. The summed E-state index contributed by atoms with van der Waals surface area (Å²) < 4.78 is 1.55. The second-order valence-electron chi connectivity index (χ2n) is 6.66. The van der Waals surface area contributed by atoms with Crippen LogP contribution < -0.4 is 5.56 Å². The molecule has 4 nitrogen and oxygen atoms in total. The van der Waals surface area contributed by atoms with Crippen LogP contribution in [-0.4, -0.2) is 14.7 Å². The summed E-state index contributed by atoms with van der Waals surface area (Å²) in [6.07, 6.45) is 3.99. The van der Waals surface area contributed by atoms with E-state index >= 15 is 0 Å². The van der Waals surface area contributed by atoms with E-state index in [1.807, 2.05) is 30.3 Å². The molecular weight excluding hydrogens is 320 g/mol. The molecule has 0 saturated carbocycles. The van der Waals surface area contributed by atoms with E-state index in [4.69, 9.17) is 0 Å². The Kier molecular flexibility index (Phi) is 3.98. The van der Waals surface area contributed by atoms with Gasteiger partial charge in [-0.25, -0.2) is 4.98 Å². The van der Waals surface area contributed by atoms with Crippen molar-refractivity contribution in [1.82, 2.24) is 9.55 Å². The highest BCUT2D eigenvalue weighted by Crippen LogP contribution is 2.35. The second-order valence-corrected chi connectivity index (χ2v) is 7.74. The summed E-state index contributed by atoms with van der Waals surface area (Å²) in [5, 5.41) is 11.2. The van der Waals surface area contributed by atoms with E-state index in [0.717, 1.165) is 35.0 Å². The Morgan fingerprint density at radius 1 is 1.38 bits per heavy atom. The van der Waals surface area contributed by atoms with Crippen LogP contribution in [0.2, 0.25) is 0 Å². The number of benzene rings is 1. The van der Waals surface area contributed by atoms with Crippen LogP contribution in [0.1, 0.15) is 35.5 Å². The third-order valence-electron chi connectivity index (χ3n) is 4.84. The molecule has 1 N–H and O–H groups in total. The molecular formula is C19H20N2O2S. The van der Waals surface area contributed by atoms with Crippen LogP contribution in [0.15, 0.2) is 41.5 Å². The van der Waals surface area contributed by atoms with E-state index in [9.17, 15) is 9.90 Å². The topological polar surface area (TPSA) is 55.1 Å². The van der Waals surface area contributed by atoms with Crippen LogP contribution in [0, 0.1) is 5.92 Å². The monoisotopic (exact) mass is 340 g/mol. The van der Waals surface area contributed by atoms with Crippen LogP contribution in [0.4, 0.5) is 0 Å². The zero-order chi connectivity index (χ0) is 16.7. The van der Waals surface area contributed by atoms with Gasteiger partial charge in [-0.15, -0.1) is 11.3 Å². The first-order valence-corrected chi connectivity index (χ1v) is 9.18. The van der Waals surface area contributed by atoms with Gasteiger partial charge in [0.05, 0.1) is 24.4 Å². The van der Waals surface area contributed by atoms with E-state index < -0.39 is 6.10 Å². The van der Waals surface area contributed by atoms with Gasteiger partial charge < -0.3 is 5.11 Å². The Balaban J connectivity index is 1.72. The minimum absolute atomic E-state index is 0.0259. The molecule has 24 heavy (non-hydrogen) atoms. The molecule has 0 saturated heterocycles. The van der Waals surface area contributed by atoms with Gasteiger partial charge in [-0.1, -0.05) is 37.3 Å². The van der Waals surface area contributed by atoms with Gasteiger partial charge >= 0.3 is 0 Å². The van der Waals surface area contributed by atoms with Gasteiger partial charge in [0, 0.05) is 4.88 Å². The third-order valence-corrected chi connectivity index (χ3v) is 6.00. The summed E-state index contributed by atoms with van der Waals surface area (Å²) in [7, 11) is 0. The van der Waals surface area contributed by atoms with E-state index in [2.05, 4.69) is 11.9 Å². The Morgan fingerprint density at radius 2 is 2.17 bits per heavy atom. The van der Waals surface area contributed by atoms with Crippen molar-refractivity contribution in [3.63, 3.8) is 0 Å². The minimum atomic E-state index is -0.711. The lowest BCUT2D eigenvalue weighted by Crippen LogP contribution is -2.24. The standard InChI is InChI=1S/C19H20N2O2S/c1-12-7-8-14-16(9-12)24-18-17(14)19(23)21(11-20-18)10-15(22)13-5-3-2-4-6-13/h2-6,11-12,15,22H,7-10H2,1H3/t12-,15+/m0/s1. The Hall–Kier alpha value is -1.98. The number of aliphatic hydroxyl groups excluding tert-OH is 1. The number of fused-ring (bicyclic) bond motifs is 3. The molecule has 1 aliphatic carbocycles. The predicted octanol–water partition coefficient (Wildman–Crippen LogP) is 3.32. The Labute approximate surface area is 144 Å². The normalized spacial score (nSPS) is 18.5. The lowest BCUT2D eigenvalue weighted by atomic mass is 9.89. The SMILES string of the molecule is C[C@H]1CCc2c(sc3ncn(C[C@@H](O)c4ccccc4)c(=O)c23)C1. The number of thiophene rings is 1. The van der Waals surface area contributed by atoms with E-state index in [0.29, 0.717) is 5.92 Å². The van der Waals surface area contributed by atoms with Crippen molar-refractivity contribution in [2.24, 2.45) is 5.92 Å². The first kappa shape index (κ1) is 15.5. The fourth-order valence-electron chi connectivity index (χ4n) is 3.46. The van der Waals surface area contributed by atoms with E-state index in [1.165, 1.54) is 10.4 Å². The van der Waals surface area contributed by atoms with Crippen molar-refractivity contribution >= 4 is 21.6 Å². The fourth-order valence-corrected chi connectivity index (χ4v) is 4.80. The maximum atomic E-state index is 12.9. The first-order valence-electron chi connectivity index (χ1n) is 8.36. The molecule has 2 heterocycles. The predicted molar refractivity (Wildman–Crippen MR) is 96.5 cm³/mol. The molecule has 0 amide bonds. The van der Waals surface area contributed by atoms with Crippen molar-refractivity contribution < 1.29 is 5.11 Å². The van der Waals surface area contributed by atoms with E-state index in [-0.39, 0.29) is 12.1 Å². The van der Waals surface area contributed by atoms with Crippen molar-refractivity contribution in [3.8, 4) is 0 Å². The molecule has 0 radical (unpaired) electrons.